The molecule has 0 radical (unpaired) electrons. The van der Waals surface area contributed by atoms with Crippen molar-refractivity contribution >= 4 is 22.3 Å². The summed E-state index contributed by atoms with van der Waals surface area (Å²) < 4.78 is 34.1. The molecule has 0 amide bonds. The molecule has 3 aliphatic rings. The Kier molecular flexibility index (Phi) is 9.43. The third-order valence-corrected chi connectivity index (χ3v) is 7.89. The number of hydrogen-bond acceptors (Lipinski definition) is 6. The summed E-state index contributed by atoms with van der Waals surface area (Å²) in [4.78, 5) is 11.7. The van der Waals surface area contributed by atoms with Gasteiger partial charge in [0, 0.05) is 34.6 Å². The monoisotopic (exact) mass is 526 g/mol. The van der Waals surface area contributed by atoms with Gasteiger partial charge >= 0.3 is 5.97 Å². The molecule has 4 atom stereocenters. The highest BCUT2D eigenvalue weighted by molar-refractivity contribution is 7.84. The Balaban J connectivity index is 1.34. The van der Waals surface area contributed by atoms with Gasteiger partial charge in [-0.1, -0.05) is 24.3 Å². The molecule has 0 saturated carbocycles. The molecule has 1 aliphatic heterocycles. The van der Waals surface area contributed by atoms with Gasteiger partial charge in [0.2, 0.25) is 0 Å². The fourth-order valence-electron chi connectivity index (χ4n) is 5.22. The SMILES string of the molecule is COC(=O)C[C@@H]1COC2=CC(OCC3C=C(c4c(C)cc(OCCCS(C)=O)cc4C)C=CC3)CC=C21. The fraction of sp³-hybridized carbons (Fsp3) is 0.500. The van der Waals surface area contributed by atoms with E-state index in [0.29, 0.717) is 37.9 Å². The number of ether oxygens (including phenoxy) is 4. The van der Waals surface area contributed by atoms with Crippen molar-refractivity contribution in [2.75, 3.05) is 38.9 Å². The van der Waals surface area contributed by atoms with Gasteiger partial charge < -0.3 is 18.9 Å². The van der Waals surface area contributed by atoms with E-state index in [1.807, 2.05) is 0 Å². The smallest absolute Gasteiger partial charge is 0.306 e. The van der Waals surface area contributed by atoms with Gasteiger partial charge in [0.25, 0.3) is 0 Å². The van der Waals surface area contributed by atoms with Crippen LogP contribution in [0.15, 0.2) is 53.8 Å². The maximum atomic E-state index is 11.7. The van der Waals surface area contributed by atoms with Crippen LogP contribution in [-0.2, 0) is 29.8 Å². The average molecular weight is 527 g/mol. The van der Waals surface area contributed by atoms with Crippen LogP contribution < -0.4 is 4.74 Å². The molecular formula is C30H38O6S. The van der Waals surface area contributed by atoms with Crippen molar-refractivity contribution in [3.8, 4) is 5.75 Å². The number of allylic oxidation sites excluding steroid dienone is 4. The van der Waals surface area contributed by atoms with E-state index in [0.717, 1.165) is 36.3 Å². The van der Waals surface area contributed by atoms with Crippen LogP contribution in [0.2, 0.25) is 0 Å². The van der Waals surface area contributed by atoms with E-state index < -0.39 is 10.8 Å². The molecule has 0 bridgehead atoms. The second-order valence-corrected chi connectivity index (χ2v) is 11.6. The Labute approximate surface area is 222 Å². The molecule has 1 aromatic carbocycles. The Hall–Kier alpha value is -2.64. The van der Waals surface area contributed by atoms with E-state index in [2.05, 4.69) is 56.4 Å². The Morgan fingerprint density at radius 3 is 2.68 bits per heavy atom. The standard InChI is InChI=1S/C30H38O6S/c1-20-13-26(34-11-6-12-37(4)32)14-21(2)30(20)23-8-5-7-22(15-23)18-35-25-9-10-27-24(16-29(31)33-3)19-36-28(27)17-25/h5,8,10,13-15,17,22,24-25H,6-7,9,11-12,16,18-19H2,1-4H3/t22?,24-,25?,37?/m1/s1. The van der Waals surface area contributed by atoms with Gasteiger partial charge in [0.15, 0.2) is 0 Å². The average Bonchev–Trinajstić information content (AvgIpc) is 3.27. The van der Waals surface area contributed by atoms with Crippen molar-refractivity contribution in [2.45, 2.75) is 45.6 Å². The van der Waals surface area contributed by atoms with Crippen molar-refractivity contribution in [1.82, 2.24) is 0 Å². The Bertz CT molecular complexity index is 1120. The number of carbonyl (C=O) groups is 1. The fourth-order valence-corrected chi connectivity index (χ4v) is 5.74. The summed E-state index contributed by atoms with van der Waals surface area (Å²) in [7, 11) is 0.634. The van der Waals surface area contributed by atoms with Crippen molar-refractivity contribution in [3.05, 3.63) is 70.5 Å². The van der Waals surface area contributed by atoms with Gasteiger partial charge in [-0.25, -0.2) is 0 Å². The number of methoxy groups -OCH3 is 1. The zero-order valence-electron chi connectivity index (χ0n) is 22.3. The second-order valence-electron chi connectivity index (χ2n) is 10.0. The summed E-state index contributed by atoms with van der Waals surface area (Å²) in [6, 6.07) is 4.18. The number of carbonyl (C=O) groups excluding carboxylic acids is 1. The lowest BCUT2D eigenvalue weighted by atomic mass is 9.88. The largest absolute Gasteiger partial charge is 0.494 e. The molecule has 6 nitrogen and oxygen atoms in total. The highest BCUT2D eigenvalue weighted by Crippen LogP contribution is 2.37. The van der Waals surface area contributed by atoms with Crippen molar-refractivity contribution in [2.24, 2.45) is 11.8 Å². The first-order valence-corrected chi connectivity index (χ1v) is 14.7. The van der Waals surface area contributed by atoms with Crippen molar-refractivity contribution < 1.29 is 28.0 Å². The molecule has 37 heavy (non-hydrogen) atoms. The highest BCUT2D eigenvalue weighted by Gasteiger charge is 2.32. The van der Waals surface area contributed by atoms with Crippen LogP contribution in [-0.4, -0.2) is 55.2 Å². The number of rotatable bonds is 11. The number of fused-ring (bicyclic) bond motifs is 1. The number of aryl methyl sites for hydroxylation is 2. The van der Waals surface area contributed by atoms with Gasteiger partial charge in [0.05, 0.1) is 39.5 Å². The van der Waals surface area contributed by atoms with E-state index in [1.54, 1.807) is 6.26 Å². The predicted molar refractivity (Wildman–Crippen MR) is 147 cm³/mol. The van der Waals surface area contributed by atoms with Crippen molar-refractivity contribution in [3.63, 3.8) is 0 Å². The van der Waals surface area contributed by atoms with E-state index >= 15 is 0 Å². The van der Waals surface area contributed by atoms with Gasteiger partial charge in [-0.2, -0.15) is 0 Å². The molecule has 1 aromatic rings. The number of hydrogen-bond donors (Lipinski definition) is 0. The lowest BCUT2D eigenvalue weighted by molar-refractivity contribution is -0.141. The maximum Gasteiger partial charge on any atom is 0.306 e. The zero-order chi connectivity index (χ0) is 26.4. The molecule has 1 saturated heterocycles. The van der Waals surface area contributed by atoms with Gasteiger partial charge in [-0.05, 0) is 79.2 Å². The topological polar surface area (TPSA) is 71.1 Å². The van der Waals surface area contributed by atoms with E-state index in [4.69, 9.17) is 18.9 Å². The number of esters is 1. The molecule has 4 rings (SSSR count). The van der Waals surface area contributed by atoms with Crippen LogP contribution in [0.25, 0.3) is 5.57 Å². The first kappa shape index (κ1) is 27.4. The van der Waals surface area contributed by atoms with Gasteiger partial charge in [-0.15, -0.1) is 0 Å². The molecule has 0 spiro atoms. The summed E-state index contributed by atoms with van der Waals surface area (Å²) >= 11 is 0. The quantitative estimate of drug-likeness (QED) is 0.291. The first-order valence-electron chi connectivity index (χ1n) is 13.0. The normalized spacial score (nSPS) is 23.4. The Morgan fingerprint density at radius 2 is 1.95 bits per heavy atom. The molecule has 1 heterocycles. The third-order valence-electron chi connectivity index (χ3n) is 7.03. The summed E-state index contributed by atoms with van der Waals surface area (Å²) in [6.07, 6.45) is 15.5. The molecule has 0 aromatic heterocycles. The summed E-state index contributed by atoms with van der Waals surface area (Å²) in [5, 5.41) is 0. The molecule has 7 heteroatoms. The Morgan fingerprint density at radius 1 is 1.16 bits per heavy atom. The molecule has 3 unspecified atom stereocenters. The molecule has 200 valence electrons. The zero-order valence-corrected chi connectivity index (χ0v) is 23.1. The van der Waals surface area contributed by atoms with E-state index in [1.165, 1.54) is 29.4 Å². The van der Waals surface area contributed by atoms with Gasteiger partial charge in [-0.3, -0.25) is 9.00 Å². The van der Waals surface area contributed by atoms with Crippen LogP contribution >= 0.6 is 0 Å². The predicted octanol–water partition coefficient (Wildman–Crippen LogP) is 5.22. The van der Waals surface area contributed by atoms with Gasteiger partial charge in [0.1, 0.15) is 11.5 Å². The first-order chi connectivity index (χ1) is 17.8. The minimum atomic E-state index is -0.785. The molecule has 0 N–H and O–H groups in total. The van der Waals surface area contributed by atoms with Crippen molar-refractivity contribution in [1.29, 1.82) is 0 Å². The maximum absolute atomic E-state index is 11.7. The highest BCUT2D eigenvalue weighted by atomic mass is 32.2. The van der Waals surface area contributed by atoms with E-state index in [-0.39, 0.29) is 18.0 Å². The van der Waals surface area contributed by atoms with Crippen LogP contribution in [0, 0.1) is 25.7 Å². The second kappa shape index (κ2) is 12.7. The van der Waals surface area contributed by atoms with Crippen LogP contribution in [0.5, 0.6) is 5.75 Å². The third kappa shape index (κ3) is 7.23. The minimum Gasteiger partial charge on any atom is -0.494 e. The summed E-state index contributed by atoms with van der Waals surface area (Å²) in [6.45, 7) is 5.97. The molecule has 2 aliphatic carbocycles. The van der Waals surface area contributed by atoms with E-state index in [9.17, 15) is 9.00 Å². The minimum absolute atomic E-state index is 0.0246. The lowest BCUT2D eigenvalue weighted by Crippen LogP contribution is -2.19. The molecular weight excluding hydrogens is 488 g/mol. The summed E-state index contributed by atoms with van der Waals surface area (Å²) in [5.74, 6) is 2.53. The number of benzene rings is 1. The summed E-state index contributed by atoms with van der Waals surface area (Å²) in [5.41, 5.74) is 5.93. The van der Waals surface area contributed by atoms with Crippen LogP contribution in [0.4, 0.5) is 0 Å². The molecule has 1 fully saturated rings. The lowest BCUT2D eigenvalue weighted by Gasteiger charge is -2.23. The van der Waals surface area contributed by atoms with Crippen LogP contribution in [0.3, 0.4) is 0 Å². The van der Waals surface area contributed by atoms with Crippen LogP contribution in [0.1, 0.15) is 42.4 Å².